The molecule has 0 nitrogen and oxygen atoms in total. The Balaban J connectivity index is 2.05. The van der Waals surface area contributed by atoms with Crippen molar-refractivity contribution in [1.82, 2.24) is 0 Å². The van der Waals surface area contributed by atoms with E-state index in [1.807, 2.05) is 6.55 Å². The average molecular weight is 270 g/mol. The van der Waals surface area contributed by atoms with Gasteiger partial charge in [0.1, 0.15) is 0 Å². The fourth-order valence-electron chi connectivity index (χ4n) is 2.02. The molecular weight excluding hydrogens is 255 g/mol. The second-order valence-corrected chi connectivity index (χ2v) is 12.6. The molecule has 0 saturated carbocycles. The Morgan fingerprint density at radius 2 is 2.00 bits per heavy atom. The van der Waals surface area contributed by atoms with Gasteiger partial charge in [0, 0.05) is 0 Å². The molecule has 0 atom stereocenters. The van der Waals surface area contributed by atoms with Crippen LogP contribution in [0.2, 0.25) is 12.6 Å². The zero-order valence-electron chi connectivity index (χ0n) is 9.34. The van der Waals surface area contributed by atoms with Crippen molar-refractivity contribution in [3.63, 3.8) is 0 Å². The van der Waals surface area contributed by atoms with E-state index in [2.05, 4.69) is 36.4 Å². The molecule has 0 saturated heterocycles. The molecule has 0 spiro atoms. The topological polar surface area (TPSA) is 0 Å². The lowest BCUT2D eigenvalue weighted by Gasteiger charge is -2.11. The van der Waals surface area contributed by atoms with Crippen molar-refractivity contribution in [2.45, 2.75) is 25.4 Å². The molecule has 0 bridgehead atoms. The molecular formula is C13H15Cl2Si-. The van der Waals surface area contributed by atoms with Gasteiger partial charge < -0.3 is 0 Å². The minimum absolute atomic E-state index is 0.968. The third-order valence-electron chi connectivity index (χ3n) is 2.83. The van der Waals surface area contributed by atoms with Crippen molar-refractivity contribution in [2.24, 2.45) is 0 Å². The van der Waals surface area contributed by atoms with E-state index in [9.17, 15) is 0 Å². The summed E-state index contributed by atoms with van der Waals surface area (Å²) in [5.41, 5.74) is 1.42. The SMILES string of the molecule is C[Si](Cl)(Cl)CCCc1cc[c-]2ccccc12. The summed E-state index contributed by atoms with van der Waals surface area (Å²) in [4.78, 5) is 0. The highest BCUT2D eigenvalue weighted by atomic mass is 35.7. The molecule has 2 rings (SSSR count). The zero-order chi connectivity index (χ0) is 11.6. The Labute approximate surface area is 107 Å². The van der Waals surface area contributed by atoms with Crippen LogP contribution < -0.4 is 0 Å². The van der Waals surface area contributed by atoms with Crippen molar-refractivity contribution in [3.05, 3.63) is 42.0 Å². The Hall–Kier alpha value is -0.373. The molecule has 2 aromatic rings. The fraction of sp³-hybridized carbons (Fsp3) is 0.308. The van der Waals surface area contributed by atoms with Gasteiger partial charge in [-0.1, -0.05) is 18.2 Å². The first kappa shape index (κ1) is 12.1. The van der Waals surface area contributed by atoms with Crippen LogP contribution in [0.4, 0.5) is 0 Å². The molecule has 0 N–H and O–H groups in total. The number of hydrogen-bond acceptors (Lipinski definition) is 0. The van der Waals surface area contributed by atoms with Gasteiger partial charge in [-0.3, -0.25) is 0 Å². The van der Waals surface area contributed by atoms with E-state index in [1.54, 1.807) is 0 Å². The van der Waals surface area contributed by atoms with E-state index in [1.165, 1.54) is 16.3 Å². The third kappa shape index (κ3) is 3.06. The number of rotatable bonds is 4. The van der Waals surface area contributed by atoms with Gasteiger partial charge in [-0.05, 0) is 12.6 Å². The van der Waals surface area contributed by atoms with E-state index in [-0.39, 0.29) is 0 Å². The first-order valence-corrected chi connectivity index (χ1v) is 10.3. The standard InChI is InChI=1S/C13H15Cl2Si/c1-16(14,15)10-4-6-12-9-8-11-5-2-3-7-13(11)12/h2-3,5,7-9H,4,6,10H2,1H3/q-1. The number of hydrogen-bond donors (Lipinski definition) is 0. The van der Waals surface area contributed by atoms with Crippen molar-refractivity contribution >= 4 is 39.6 Å². The van der Waals surface area contributed by atoms with Gasteiger partial charge in [0.2, 0.25) is 6.69 Å². The van der Waals surface area contributed by atoms with Gasteiger partial charge in [0.05, 0.1) is 0 Å². The molecule has 0 aliphatic carbocycles. The number of aryl methyl sites for hydroxylation is 1. The maximum Gasteiger partial charge on any atom is 0.248 e. The van der Waals surface area contributed by atoms with E-state index in [0.29, 0.717) is 0 Å². The van der Waals surface area contributed by atoms with Crippen LogP contribution in [0.3, 0.4) is 0 Å². The monoisotopic (exact) mass is 269 g/mol. The summed E-state index contributed by atoms with van der Waals surface area (Å²) in [6, 6.07) is 13.9. The molecule has 16 heavy (non-hydrogen) atoms. The summed E-state index contributed by atoms with van der Waals surface area (Å²) in [5.74, 6) is 0. The van der Waals surface area contributed by atoms with Gasteiger partial charge in [-0.2, -0.15) is 0 Å². The first-order valence-electron chi connectivity index (χ1n) is 5.57. The first-order chi connectivity index (χ1) is 7.56. The Morgan fingerprint density at radius 1 is 1.19 bits per heavy atom. The lowest BCUT2D eigenvalue weighted by Crippen LogP contribution is -2.11. The smallest absolute Gasteiger partial charge is 0.148 e. The molecule has 0 amide bonds. The molecule has 0 heterocycles. The number of fused-ring (bicyclic) bond motifs is 1. The normalized spacial score (nSPS) is 12.2. The highest BCUT2D eigenvalue weighted by Gasteiger charge is 2.19. The van der Waals surface area contributed by atoms with Crippen molar-refractivity contribution in [2.75, 3.05) is 0 Å². The molecule has 86 valence electrons. The minimum atomic E-state index is -1.91. The van der Waals surface area contributed by atoms with Gasteiger partial charge in [-0.15, -0.1) is 69.5 Å². The molecule has 0 aliphatic heterocycles. The highest BCUT2D eigenvalue weighted by molar-refractivity contribution is 7.44. The van der Waals surface area contributed by atoms with Crippen LogP contribution in [-0.2, 0) is 6.42 Å². The number of benzene rings is 1. The van der Waals surface area contributed by atoms with Crippen LogP contribution in [-0.4, -0.2) is 6.69 Å². The zero-order valence-corrected chi connectivity index (χ0v) is 11.9. The van der Waals surface area contributed by atoms with Crippen LogP contribution in [0, 0.1) is 0 Å². The Bertz CT molecular complexity index is 468. The van der Waals surface area contributed by atoms with E-state index in [4.69, 9.17) is 22.2 Å². The van der Waals surface area contributed by atoms with E-state index in [0.717, 1.165) is 18.9 Å². The second kappa shape index (κ2) is 4.87. The molecule has 0 radical (unpaired) electrons. The van der Waals surface area contributed by atoms with E-state index >= 15 is 0 Å². The summed E-state index contributed by atoms with van der Waals surface area (Å²) in [5, 5.41) is 2.70. The average Bonchev–Trinajstić information content (AvgIpc) is 2.60. The second-order valence-electron chi connectivity index (χ2n) is 4.37. The van der Waals surface area contributed by atoms with E-state index < -0.39 is 6.69 Å². The minimum Gasteiger partial charge on any atom is -0.148 e. The predicted molar refractivity (Wildman–Crippen MR) is 76.0 cm³/mol. The quantitative estimate of drug-likeness (QED) is 0.415. The van der Waals surface area contributed by atoms with Gasteiger partial charge in [-0.25, -0.2) is 0 Å². The van der Waals surface area contributed by atoms with Crippen molar-refractivity contribution in [1.29, 1.82) is 0 Å². The Morgan fingerprint density at radius 3 is 2.75 bits per heavy atom. The van der Waals surface area contributed by atoms with Gasteiger partial charge >= 0.3 is 0 Å². The van der Waals surface area contributed by atoms with Crippen LogP contribution in [0.25, 0.3) is 10.8 Å². The molecule has 2 aromatic carbocycles. The Kier molecular flexibility index (Phi) is 3.68. The fourth-order valence-corrected chi connectivity index (χ4v) is 3.62. The van der Waals surface area contributed by atoms with Crippen molar-refractivity contribution in [3.8, 4) is 0 Å². The summed E-state index contributed by atoms with van der Waals surface area (Å²) in [7, 11) is 0. The third-order valence-corrected chi connectivity index (χ3v) is 5.20. The largest absolute Gasteiger partial charge is 0.248 e. The number of halogens is 2. The van der Waals surface area contributed by atoms with Gasteiger partial charge in [0.15, 0.2) is 0 Å². The van der Waals surface area contributed by atoms with Crippen LogP contribution >= 0.6 is 22.2 Å². The lowest BCUT2D eigenvalue weighted by molar-refractivity contribution is 0.920. The molecule has 0 unspecified atom stereocenters. The van der Waals surface area contributed by atoms with Crippen LogP contribution in [0.5, 0.6) is 0 Å². The molecule has 0 fully saturated rings. The lowest BCUT2D eigenvalue weighted by atomic mass is 10.1. The molecule has 0 aliphatic rings. The van der Waals surface area contributed by atoms with Crippen LogP contribution in [0.15, 0.2) is 36.4 Å². The maximum absolute atomic E-state index is 6.10. The van der Waals surface area contributed by atoms with Crippen molar-refractivity contribution < 1.29 is 0 Å². The highest BCUT2D eigenvalue weighted by Crippen LogP contribution is 2.26. The maximum atomic E-state index is 6.10. The van der Waals surface area contributed by atoms with Crippen LogP contribution in [0.1, 0.15) is 12.0 Å². The molecule has 3 heteroatoms. The van der Waals surface area contributed by atoms with Gasteiger partial charge in [0.25, 0.3) is 0 Å². The molecule has 0 aromatic heterocycles. The predicted octanol–water partition coefficient (Wildman–Crippen LogP) is 5.04. The summed E-state index contributed by atoms with van der Waals surface area (Å²) < 4.78 is 0. The summed E-state index contributed by atoms with van der Waals surface area (Å²) in [6.07, 6.45) is 2.17. The summed E-state index contributed by atoms with van der Waals surface area (Å²) in [6.45, 7) is 0.0716. The summed E-state index contributed by atoms with van der Waals surface area (Å²) >= 11 is 12.2.